The van der Waals surface area contributed by atoms with E-state index in [9.17, 15) is 14.4 Å². The van der Waals surface area contributed by atoms with Crippen LogP contribution in [0.25, 0.3) is 0 Å². The van der Waals surface area contributed by atoms with Gasteiger partial charge in [0.15, 0.2) is 6.10 Å². The second-order valence-corrected chi connectivity index (χ2v) is 15.4. The number of hydrogen-bond donors (Lipinski definition) is 0. The van der Waals surface area contributed by atoms with E-state index in [2.05, 4.69) is 57.2 Å². The van der Waals surface area contributed by atoms with E-state index in [0.717, 1.165) is 89.9 Å². The topological polar surface area (TPSA) is 78.9 Å². The van der Waals surface area contributed by atoms with Gasteiger partial charge in [-0.05, 0) is 89.9 Å². The smallest absolute Gasteiger partial charge is 0.306 e. The van der Waals surface area contributed by atoms with Crippen LogP contribution in [0.2, 0.25) is 0 Å². The van der Waals surface area contributed by atoms with Crippen molar-refractivity contribution in [2.24, 2.45) is 0 Å². The summed E-state index contributed by atoms with van der Waals surface area (Å²) in [7, 11) is 0. The van der Waals surface area contributed by atoms with E-state index in [4.69, 9.17) is 14.2 Å². The maximum absolute atomic E-state index is 12.7. The fourth-order valence-corrected chi connectivity index (χ4v) is 6.20. The molecule has 0 rings (SSSR count). The third-order valence-electron chi connectivity index (χ3n) is 9.76. The van der Waals surface area contributed by atoms with Crippen molar-refractivity contribution in [1.82, 2.24) is 0 Å². The Labute approximate surface area is 351 Å². The fraction of sp³-hybridized carbons (Fsp3) is 0.706. The highest BCUT2D eigenvalue weighted by Gasteiger charge is 2.19. The number of unbranched alkanes of at least 4 members (excludes halogenated alkanes) is 21. The second kappa shape index (κ2) is 45.6. The van der Waals surface area contributed by atoms with Crippen LogP contribution < -0.4 is 0 Å². The highest BCUT2D eigenvalue weighted by atomic mass is 16.6. The van der Waals surface area contributed by atoms with Crippen molar-refractivity contribution in [1.29, 1.82) is 0 Å². The fourth-order valence-electron chi connectivity index (χ4n) is 6.20. The van der Waals surface area contributed by atoms with Gasteiger partial charge in [0.05, 0.1) is 0 Å². The summed E-state index contributed by atoms with van der Waals surface area (Å²) >= 11 is 0. The largest absolute Gasteiger partial charge is 0.462 e. The van der Waals surface area contributed by atoms with Gasteiger partial charge >= 0.3 is 17.9 Å². The predicted octanol–water partition coefficient (Wildman–Crippen LogP) is 15.1. The third-order valence-corrected chi connectivity index (χ3v) is 9.76. The minimum Gasteiger partial charge on any atom is -0.462 e. The van der Waals surface area contributed by atoms with Crippen LogP contribution >= 0.6 is 0 Å². The van der Waals surface area contributed by atoms with Crippen molar-refractivity contribution in [3.05, 3.63) is 72.9 Å². The van der Waals surface area contributed by atoms with Crippen LogP contribution in [0.15, 0.2) is 72.9 Å². The Morgan fingerprint density at radius 2 is 0.702 bits per heavy atom. The summed E-state index contributed by atoms with van der Waals surface area (Å²) in [5, 5.41) is 0. The molecular formula is C51H86O6. The van der Waals surface area contributed by atoms with Crippen LogP contribution in [0, 0.1) is 0 Å². The van der Waals surface area contributed by atoms with E-state index >= 15 is 0 Å². The molecule has 326 valence electrons. The highest BCUT2D eigenvalue weighted by Crippen LogP contribution is 2.13. The lowest BCUT2D eigenvalue weighted by atomic mass is 10.1. The molecule has 0 bridgehead atoms. The number of hydrogen-bond acceptors (Lipinski definition) is 6. The lowest BCUT2D eigenvalue weighted by molar-refractivity contribution is -0.167. The molecule has 0 heterocycles. The van der Waals surface area contributed by atoms with E-state index in [0.29, 0.717) is 19.3 Å². The zero-order valence-corrected chi connectivity index (χ0v) is 37.1. The number of carbonyl (C=O) groups excluding carboxylic acids is 3. The molecule has 0 N–H and O–H groups in total. The zero-order valence-electron chi connectivity index (χ0n) is 37.1. The number of carbonyl (C=O) groups is 3. The molecule has 6 nitrogen and oxygen atoms in total. The van der Waals surface area contributed by atoms with E-state index in [1.165, 1.54) is 77.0 Å². The molecule has 0 spiro atoms. The molecule has 0 saturated heterocycles. The van der Waals surface area contributed by atoms with E-state index in [1.54, 1.807) is 0 Å². The standard InChI is InChI=1S/C51H86O6/c1-4-7-10-13-16-19-22-25-27-29-32-35-38-41-44-50(53)56-47-48(46-55-49(52)43-40-37-34-31-28-24-21-18-15-12-9-6-3)57-51(54)45-42-39-36-33-30-26-23-20-17-14-11-8-5-2/h8,11,14,17-18,20-21,23,26-27,29-30,48H,4-7,9-10,12-13,15-16,19,22,24-25,28,31-47H2,1-3H3/b11-8-,17-14-,21-18-,23-20-,29-27-,30-26-. The molecule has 1 unspecified atom stereocenters. The number of allylic oxidation sites excluding steroid dienone is 12. The summed E-state index contributed by atoms with van der Waals surface area (Å²) in [4.78, 5) is 37.8. The number of ether oxygens (including phenoxy) is 3. The van der Waals surface area contributed by atoms with E-state index < -0.39 is 6.10 Å². The molecular weight excluding hydrogens is 709 g/mol. The molecule has 0 aromatic heterocycles. The van der Waals surface area contributed by atoms with Gasteiger partial charge in [-0.2, -0.15) is 0 Å². The van der Waals surface area contributed by atoms with Gasteiger partial charge in [-0.3, -0.25) is 14.4 Å². The lowest BCUT2D eigenvalue weighted by Gasteiger charge is -2.18. The Morgan fingerprint density at radius 3 is 1.18 bits per heavy atom. The van der Waals surface area contributed by atoms with Crippen molar-refractivity contribution in [2.75, 3.05) is 13.2 Å². The second-order valence-electron chi connectivity index (χ2n) is 15.4. The molecule has 0 saturated carbocycles. The normalized spacial score (nSPS) is 12.7. The lowest BCUT2D eigenvalue weighted by Crippen LogP contribution is -2.30. The minimum absolute atomic E-state index is 0.101. The van der Waals surface area contributed by atoms with Crippen LogP contribution in [0.3, 0.4) is 0 Å². The minimum atomic E-state index is -0.803. The quantitative estimate of drug-likeness (QED) is 0.0202. The van der Waals surface area contributed by atoms with Crippen LogP contribution in [0.1, 0.15) is 213 Å². The molecule has 57 heavy (non-hydrogen) atoms. The molecule has 0 radical (unpaired) electrons. The van der Waals surface area contributed by atoms with Gasteiger partial charge in [0.25, 0.3) is 0 Å². The maximum atomic E-state index is 12.7. The van der Waals surface area contributed by atoms with Crippen molar-refractivity contribution in [3.8, 4) is 0 Å². The summed E-state index contributed by atoms with van der Waals surface area (Å²) < 4.78 is 16.7. The summed E-state index contributed by atoms with van der Waals surface area (Å²) in [6, 6.07) is 0. The SMILES string of the molecule is CC\C=C/C=C\C=C/C=C\CCCCCC(=O)OC(COC(=O)CCCCC/C=C\CCCCCCCCC)COC(=O)CCCCCCC/C=C\CCCCC. The Bertz CT molecular complexity index is 1100. The molecule has 0 aliphatic rings. The molecule has 1 atom stereocenters. The highest BCUT2D eigenvalue weighted by molar-refractivity contribution is 5.71. The van der Waals surface area contributed by atoms with Gasteiger partial charge in [0.1, 0.15) is 13.2 Å². The molecule has 0 aromatic carbocycles. The average Bonchev–Trinajstić information content (AvgIpc) is 3.21. The van der Waals surface area contributed by atoms with Crippen LogP contribution in [0.4, 0.5) is 0 Å². The first kappa shape index (κ1) is 53.9. The first-order valence-corrected chi connectivity index (χ1v) is 23.5. The number of esters is 3. The molecule has 0 aromatic rings. The number of rotatable bonds is 41. The summed E-state index contributed by atoms with van der Waals surface area (Å²) in [6.07, 6.45) is 56.0. The Hall–Kier alpha value is -3.15. The van der Waals surface area contributed by atoms with Gasteiger partial charge in [-0.1, -0.05) is 177 Å². The van der Waals surface area contributed by atoms with E-state index in [-0.39, 0.29) is 37.5 Å². The van der Waals surface area contributed by atoms with Gasteiger partial charge in [-0.25, -0.2) is 0 Å². The molecule has 0 amide bonds. The molecule has 0 fully saturated rings. The van der Waals surface area contributed by atoms with Crippen molar-refractivity contribution < 1.29 is 28.6 Å². The molecule has 6 heteroatoms. The van der Waals surface area contributed by atoms with Crippen LogP contribution in [-0.4, -0.2) is 37.2 Å². The van der Waals surface area contributed by atoms with Gasteiger partial charge < -0.3 is 14.2 Å². The molecule has 0 aliphatic carbocycles. The van der Waals surface area contributed by atoms with Crippen LogP contribution in [-0.2, 0) is 28.6 Å². The van der Waals surface area contributed by atoms with Crippen molar-refractivity contribution >= 4 is 17.9 Å². The monoisotopic (exact) mass is 795 g/mol. The third kappa shape index (κ3) is 43.8. The summed E-state index contributed by atoms with van der Waals surface area (Å²) in [5.74, 6) is -0.970. The van der Waals surface area contributed by atoms with Gasteiger partial charge in [-0.15, -0.1) is 0 Å². The first-order chi connectivity index (χ1) is 28.0. The van der Waals surface area contributed by atoms with Gasteiger partial charge in [0, 0.05) is 19.3 Å². The van der Waals surface area contributed by atoms with Crippen molar-refractivity contribution in [3.63, 3.8) is 0 Å². The first-order valence-electron chi connectivity index (χ1n) is 23.5. The summed E-state index contributed by atoms with van der Waals surface area (Å²) in [6.45, 7) is 6.40. The Balaban J connectivity index is 4.48. The molecule has 0 aliphatic heterocycles. The summed E-state index contributed by atoms with van der Waals surface area (Å²) in [5.41, 5.74) is 0. The van der Waals surface area contributed by atoms with Gasteiger partial charge in [0.2, 0.25) is 0 Å². The van der Waals surface area contributed by atoms with Crippen molar-refractivity contribution in [2.45, 2.75) is 219 Å². The average molecular weight is 795 g/mol. The predicted molar refractivity (Wildman–Crippen MR) is 242 cm³/mol. The van der Waals surface area contributed by atoms with Crippen LogP contribution in [0.5, 0.6) is 0 Å². The zero-order chi connectivity index (χ0) is 41.5. The Morgan fingerprint density at radius 1 is 0.368 bits per heavy atom. The maximum Gasteiger partial charge on any atom is 0.306 e. The van der Waals surface area contributed by atoms with E-state index in [1.807, 2.05) is 36.5 Å². The Kier molecular flexibility index (Phi) is 43.0.